The van der Waals surface area contributed by atoms with E-state index in [2.05, 4.69) is 100 Å². The molecule has 1 N–H and O–H groups in total. The summed E-state index contributed by atoms with van der Waals surface area (Å²) >= 11 is 0. The maximum Gasteiger partial charge on any atom is 0.261 e. The molecule has 0 saturated heterocycles. The van der Waals surface area contributed by atoms with Gasteiger partial charge >= 0.3 is 0 Å². The maximum absolute atomic E-state index is 9.70. The lowest BCUT2D eigenvalue weighted by atomic mass is 10.0. The fraction of sp³-hybridized carbons (Fsp3) is 0.379. The van der Waals surface area contributed by atoms with Gasteiger partial charge in [-0.15, -0.1) is 0 Å². The summed E-state index contributed by atoms with van der Waals surface area (Å²) in [5.74, 6) is 0.160. The van der Waals surface area contributed by atoms with Crippen molar-refractivity contribution in [3.63, 3.8) is 0 Å². The van der Waals surface area contributed by atoms with E-state index in [9.17, 15) is 5.11 Å². The van der Waals surface area contributed by atoms with Crippen LogP contribution in [0.4, 0.5) is 0 Å². The first-order chi connectivity index (χ1) is 15.9. The van der Waals surface area contributed by atoms with Gasteiger partial charge in [0.25, 0.3) is 8.32 Å². The lowest BCUT2D eigenvalue weighted by Gasteiger charge is -2.46. The minimum absolute atomic E-state index is 0.105. The molecule has 0 radical (unpaired) electrons. The molecular formula is C29H38O3Si. The van der Waals surface area contributed by atoms with E-state index >= 15 is 0 Å². The van der Waals surface area contributed by atoms with E-state index in [1.54, 1.807) is 0 Å². The van der Waals surface area contributed by atoms with E-state index in [1.807, 2.05) is 18.2 Å². The van der Waals surface area contributed by atoms with Crippen LogP contribution in [0.15, 0.2) is 91.0 Å². The molecule has 33 heavy (non-hydrogen) atoms. The van der Waals surface area contributed by atoms with Gasteiger partial charge < -0.3 is 14.3 Å². The summed E-state index contributed by atoms with van der Waals surface area (Å²) in [5, 5.41) is 12.1. The van der Waals surface area contributed by atoms with Gasteiger partial charge in [-0.25, -0.2) is 0 Å². The topological polar surface area (TPSA) is 38.7 Å². The Kier molecular flexibility index (Phi) is 9.04. The molecular weight excluding hydrogens is 424 g/mol. The minimum atomic E-state index is -2.70. The van der Waals surface area contributed by atoms with Crippen LogP contribution >= 0.6 is 0 Å². The first kappa shape index (κ1) is 25.4. The van der Waals surface area contributed by atoms with Gasteiger partial charge in [-0.1, -0.05) is 119 Å². The predicted octanol–water partition coefficient (Wildman–Crippen LogP) is 5.17. The standard InChI is InChI=1S/C29H38O3Si/c1-24(20-21-30)28(23-31-22-25-14-8-5-9-15-25)32-33(29(2,3)4,26-16-10-6-11-17-26)27-18-12-7-13-19-27/h5-19,24,28,30H,20-23H2,1-4H3/t24-,28+/m0/s1. The zero-order valence-corrected chi connectivity index (χ0v) is 21.4. The molecule has 0 aliphatic heterocycles. The van der Waals surface area contributed by atoms with E-state index in [-0.39, 0.29) is 23.7 Å². The summed E-state index contributed by atoms with van der Waals surface area (Å²) in [6.07, 6.45) is 0.546. The highest BCUT2D eigenvalue weighted by Gasteiger charge is 2.51. The van der Waals surface area contributed by atoms with Gasteiger partial charge in [0.2, 0.25) is 0 Å². The Bertz CT molecular complexity index is 899. The van der Waals surface area contributed by atoms with Gasteiger partial charge in [-0.3, -0.25) is 0 Å². The van der Waals surface area contributed by atoms with Crippen LogP contribution in [0.5, 0.6) is 0 Å². The van der Waals surface area contributed by atoms with Crippen molar-refractivity contribution in [2.24, 2.45) is 5.92 Å². The molecule has 0 bridgehead atoms. The number of benzene rings is 3. The second-order valence-electron chi connectivity index (χ2n) is 9.81. The number of hydrogen-bond donors (Lipinski definition) is 1. The van der Waals surface area contributed by atoms with Crippen LogP contribution in [0.25, 0.3) is 0 Å². The molecule has 3 nitrogen and oxygen atoms in total. The second kappa shape index (κ2) is 11.8. The van der Waals surface area contributed by atoms with Gasteiger partial charge in [-0.2, -0.15) is 0 Å². The van der Waals surface area contributed by atoms with Crippen molar-refractivity contribution in [2.45, 2.75) is 51.9 Å². The van der Waals surface area contributed by atoms with Crippen LogP contribution in [0.1, 0.15) is 39.7 Å². The Hall–Kier alpha value is -2.24. The van der Waals surface area contributed by atoms with Crippen molar-refractivity contribution in [3.8, 4) is 0 Å². The zero-order valence-electron chi connectivity index (χ0n) is 20.4. The van der Waals surface area contributed by atoms with Gasteiger partial charge in [0, 0.05) is 6.61 Å². The lowest BCUT2D eigenvalue weighted by molar-refractivity contribution is 0.00591. The molecule has 3 aromatic carbocycles. The number of ether oxygens (including phenoxy) is 1. The molecule has 0 unspecified atom stereocenters. The van der Waals surface area contributed by atoms with Crippen molar-refractivity contribution >= 4 is 18.7 Å². The van der Waals surface area contributed by atoms with E-state index in [0.29, 0.717) is 19.6 Å². The zero-order chi connectivity index (χ0) is 23.7. The van der Waals surface area contributed by atoms with Crippen LogP contribution in [-0.4, -0.2) is 32.7 Å². The maximum atomic E-state index is 9.70. The quantitative estimate of drug-likeness (QED) is 0.400. The molecule has 0 amide bonds. The number of hydrogen-bond acceptors (Lipinski definition) is 3. The summed E-state index contributed by atoms with van der Waals surface area (Å²) in [6.45, 7) is 10.2. The van der Waals surface area contributed by atoms with Crippen molar-refractivity contribution in [3.05, 3.63) is 96.6 Å². The normalized spacial score (nSPS) is 14.1. The Morgan fingerprint density at radius 2 is 1.27 bits per heavy atom. The molecule has 2 atom stereocenters. The Labute approximate surface area is 200 Å². The molecule has 0 saturated carbocycles. The highest BCUT2D eigenvalue weighted by molar-refractivity contribution is 6.99. The number of aliphatic hydroxyl groups excluding tert-OH is 1. The first-order valence-electron chi connectivity index (χ1n) is 11.9. The fourth-order valence-corrected chi connectivity index (χ4v) is 9.26. The predicted molar refractivity (Wildman–Crippen MR) is 139 cm³/mol. The molecule has 0 fully saturated rings. The highest BCUT2D eigenvalue weighted by atomic mass is 28.4. The number of aliphatic hydroxyl groups is 1. The van der Waals surface area contributed by atoms with Gasteiger partial charge in [0.1, 0.15) is 0 Å². The molecule has 0 aliphatic rings. The Morgan fingerprint density at radius 1 is 0.788 bits per heavy atom. The van der Waals surface area contributed by atoms with E-state index in [0.717, 1.165) is 5.56 Å². The monoisotopic (exact) mass is 462 g/mol. The molecule has 0 spiro atoms. The lowest BCUT2D eigenvalue weighted by Crippen LogP contribution is -2.68. The molecule has 4 heteroatoms. The van der Waals surface area contributed by atoms with E-state index in [1.165, 1.54) is 10.4 Å². The largest absolute Gasteiger partial charge is 0.402 e. The fourth-order valence-electron chi connectivity index (χ4n) is 4.49. The molecule has 176 valence electrons. The molecule has 3 rings (SSSR count). The van der Waals surface area contributed by atoms with Gasteiger partial charge in [0.15, 0.2) is 0 Å². The van der Waals surface area contributed by atoms with Crippen LogP contribution in [0, 0.1) is 5.92 Å². The van der Waals surface area contributed by atoms with Crippen molar-refractivity contribution < 1.29 is 14.3 Å². The molecule has 0 aromatic heterocycles. The van der Waals surface area contributed by atoms with Crippen molar-refractivity contribution in [1.82, 2.24) is 0 Å². The van der Waals surface area contributed by atoms with Crippen LogP contribution < -0.4 is 10.4 Å². The average molecular weight is 463 g/mol. The van der Waals surface area contributed by atoms with Crippen molar-refractivity contribution in [2.75, 3.05) is 13.2 Å². The van der Waals surface area contributed by atoms with Crippen molar-refractivity contribution in [1.29, 1.82) is 0 Å². The summed E-state index contributed by atoms with van der Waals surface area (Å²) in [7, 11) is -2.70. The Balaban J connectivity index is 1.99. The third kappa shape index (κ3) is 6.21. The second-order valence-corrected chi connectivity index (χ2v) is 14.1. The highest BCUT2D eigenvalue weighted by Crippen LogP contribution is 2.38. The number of rotatable bonds is 11. The summed E-state index contributed by atoms with van der Waals surface area (Å²) < 4.78 is 13.5. The SMILES string of the molecule is C[C@@H](CCO)[C@@H](COCc1ccccc1)O[Si](c1ccccc1)(c1ccccc1)C(C)(C)C. The minimum Gasteiger partial charge on any atom is -0.402 e. The summed E-state index contributed by atoms with van der Waals surface area (Å²) in [4.78, 5) is 0. The molecule has 0 aliphatic carbocycles. The average Bonchev–Trinajstić information content (AvgIpc) is 2.82. The molecule has 3 aromatic rings. The van der Waals surface area contributed by atoms with Crippen LogP contribution in [0.3, 0.4) is 0 Å². The van der Waals surface area contributed by atoms with Gasteiger partial charge in [0.05, 0.1) is 19.3 Å². The van der Waals surface area contributed by atoms with Crippen LogP contribution in [-0.2, 0) is 15.8 Å². The summed E-state index contributed by atoms with van der Waals surface area (Å²) in [6, 6.07) is 31.6. The molecule has 0 heterocycles. The third-order valence-corrected chi connectivity index (χ3v) is 11.4. The van der Waals surface area contributed by atoms with Gasteiger partial charge in [-0.05, 0) is 33.3 Å². The Morgan fingerprint density at radius 3 is 1.73 bits per heavy atom. The smallest absolute Gasteiger partial charge is 0.261 e. The summed E-state index contributed by atoms with van der Waals surface area (Å²) in [5.41, 5.74) is 1.15. The first-order valence-corrected chi connectivity index (χ1v) is 13.8. The van der Waals surface area contributed by atoms with E-state index in [4.69, 9.17) is 9.16 Å². The van der Waals surface area contributed by atoms with Crippen LogP contribution in [0.2, 0.25) is 5.04 Å². The van der Waals surface area contributed by atoms with E-state index < -0.39 is 8.32 Å². The third-order valence-electron chi connectivity index (χ3n) is 6.36.